The van der Waals surface area contributed by atoms with Gasteiger partial charge in [-0.25, -0.2) is 4.57 Å². The summed E-state index contributed by atoms with van der Waals surface area (Å²) in [5.41, 5.74) is 0.340. The molecule has 1 aromatic rings. The quantitative estimate of drug-likeness (QED) is 0.274. The van der Waals surface area contributed by atoms with E-state index in [1.165, 1.54) is 14.2 Å². The topological polar surface area (TPSA) is 71.0 Å². The van der Waals surface area contributed by atoms with Crippen LogP contribution in [0.15, 0.2) is 35.1 Å². The summed E-state index contributed by atoms with van der Waals surface area (Å²) in [6.45, 7) is 0. The molecule has 0 spiro atoms. The minimum Gasteiger partial charge on any atom is -0.858 e. The van der Waals surface area contributed by atoms with Crippen molar-refractivity contribution in [1.82, 2.24) is 0 Å². The first kappa shape index (κ1) is 15.8. The van der Waals surface area contributed by atoms with Crippen LogP contribution in [0, 0.1) is 0 Å². The van der Waals surface area contributed by atoms with Gasteiger partial charge >= 0.3 is 37.3 Å². The molecule has 0 saturated carbocycles. The molecule has 82 valence electrons. The smallest absolute Gasteiger partial charge is 0.858 e. The molecule has 0 N–H and O–H groups in total. The van der Waals surface area contributed by atoms with E-state index >= 15 is 0 Å². The van der Waals surface area contributed by atoms with Crippen LogP contribution >= 0.6 is 7.75 Å². The van der Waals surface area contributed by atoms with Crippen LogP contribution in [0.1, 0.15) is 5.56 Å². The maximum absolute atomic E-state index is 11.5. The molecule has 7 heteroatoms. The second kappa shape index (κ2) is 7.22. The van der Waals surface area contributed by atoms with Crippen molar-refractivity contribution in [2.24, 2.45) is 4.76 Å². The minimum absolute atomic E-state index is 0. The molecular weight excluding hydrogens is 240 g/mol. The van der Waals surface area contributed by atoms with Gasteiger partial charge in [0, 0.05) is 20.1 Å². The maximum atomic E-state index is 11.5. The molecule has 1 rings (SSSR count). The molecule has 0 heterocycles. The van der Waals surface area contributed by atoms with Gasteiger partial charge in [-0.3, -0.25) is 9.05 Å². The Morgan fingerprint density at radius 2 is 1.75 bits per heavy atom. The second-order valence-corrected chi connectivity index (χ2v) is 4.47. The van der Waals surface area contributed by atoms with Crippen molar-refractivity contribution in [3.63, 3.8) is 0 Å². The van der Waals surface area contributed by atoms with Gasteiger partial charge < -0.3 is 5.11 Å². The van der Waals surface area contributed by atoms with Gasteiger partial charge in [0.25, 0.3) is 0 Å². The summed E-state index contributed by atoms with van der Waals surface area (Å²) >= 11 is 0. The van der Waals surface area contributed by atoms with Crippen molar-refractivity contribution in [1.29, 1.82) is 0 Å². The van der Waals surface area contributed by atoms with Gasteiger partial charge in [0.1, 0.15) is 0 Å². The summed E-state index contributed by atoms with van der Waals surface area (Å²) in [4.78, 5) is 0. The van der Waals surface area contributed by atoms with E-state index in [1.54, 1.807) is 30.3 Å². The summed E-state index contributed by atoms with van der Waals surface area (Å²) in [6.07, 6.45) is 0. The predicted molar refractivity (Wildman–Crippen MR) is 54.6 cm³/mol. The first-order valence-electron chi connectivity index (χ1n) is 4.15. The Kier molecular flexibility index (Phi) is 7.15. The number of nitrogens with zero attached hydrogens (tertiary/aromatic N) is 1. The maximum Gasteiger partial charge on any atom is 1.00 e. The Morgan fingerprint density at radius 1 is 1.25 bits per heavy atom. The average Bonchev–Trinajstić information content (AvgIpc) is 2.30. The van der Waals surface area contributed by atoms with Crippen molar-refractivity contribution < 1.29 is 48.3 Å². The van der Waals surface area contributed by atoms with Crippen molar-refractivity contribution in [2.45, 2.75) is 0 Å². The molecule has 0 aliphatic carbocycles. The van der Waals surface area contributed by atoms with Gasteiger partial charge in [0.2, 0.25) is 0 Å². The SMILES string of the molecule is COP(=O)(N=C([O-])c1ccccc1)OC.[Na+]. The Labute approximate surface area is 116 Å². The summed E-state index contributed by atoms with van der Waals surface area (Å²) in [5.74, 6) is -0.623. The van der Waals surface area contributed by atoms with Crippen LogP contribution in [0.5, 0.6) is 0 Å². The fraction of sp³-hybridized carbons (Fsp3) is 0.222. The first-order valence-corrected chi connectivity index (χ1v) is 5.65. The molecule has 0 aliphatic rings. The molecule has 0 radical (unpaired) electrons. The molecule has 0 fully saturated rings. The summed E-state index contributed by atoms with van der Waals surface area (Å²) in [5, 5.41) is 11.5. The predicted octanol–water partition coefficient (Wildman–Crippen LogP) is -1.80. The van der Waals surface area contributed by atoms with Crippen LogP contribution < -0.4 is 34.7 Å². The average molecular weight is 251 g/mol. The van der Waals surface area contributed by atoms with Gasteiger partial charge in [0.15, 0.2) is 0 Å². The normalized spacial score (nSPS) is 12.0. The van der Waals surface area contributed by atoms with Gasteiger partial charge in [-0.1, -0.05) is 30.3 Å². The first-order chi connectivity index (χ1) is 7.11. The van der Waals surface area contributed by atoms with Crippen molar-refractivity contribution >= 4 is 13.6 Å². The Morgan fingerprint density at radius 3 is 2.19 bits per heavy atom. The van der Waals surface area contributed by atoms with Crippen LogP contribution in [0.3, 0.4) is 0 Å². The zero-order valence-electron chi connectivity index (χ0n) is 9.41. The van der Waals surface area contributed by atoms with Gasteiger partial charge in [-0.2, -0.15) is 4.76 Å². The summed E-state index contributed by atoms with van der Waals surface area (Å²) < 4.78 is 23.9. The zero-order valence-corrected chi connectivity index (χ0v) is 12.3. The molecular formula is C9H11NNaO4P. The van der Waals surface area contributed by atoms with E-state index in [4.69, 9.17) is 0 Å². The fourth-order valence-electron chi connectivity index (χ4n) is 0.906. The van der Waals surface area contributed by atoms with Crippen molar-refractivity contribution in [3.05, 3.63) is 35.9 Å². The van der Waals surface area contributed by atoms with Crippen LogP contribution in [-0.2, 0) is 13.6 Å². The third-order valence-electron chi connectivity index (χ3n) is 1.70. The van der Waals surface area contributed by atoms with Crippen molar-refractivity contribution in [3.8, 4) is 0 Å². The van der Waals surface area contributed by atoms with E-state index < -0.39 is 13.6 Å². The van der Waals surface area contributed by atoms with E-state index in [0.717, 1.165) is 0 Å². The number of rotatable bonds is 4. The Hall–Kier alpha value is -0.160. The molecule has 5 nitrogen and oxygen atoms in total. The van der Waals surface area contributed by atoms with Crippen LogP contribution in [0.4, 0.5) is 0 Å². The monoisotopic (exact) mass is 251 g/mol. The van der Waals surface area contributed by atoms with E-state index in [-0.39, 0.29) is 29.6 Å². The largest absolute Gasteiger partial charge is 1.00 e. The molecule has 0 aromatic heterocycles. The molecule has 0 saturated heterocycles. The van der Waals surface area contributed by atoms with Gasteiger partial charge in [0.05, 0.1) is 0 Å². The molecule has 0 atom stereocenters. The zero-order chi connectivity index (χ0) is 11.3. The number of hydrogen-bond donors (Lipinski definition) is 0. The van der Waals surface area contributed by atoms with E-state index in [1.807, 2.05) is 0 Å². The fourth-order valence-corrected chi connectivity index (χ4v) is 1.56. The van der Waals surface area contributed by atoms with Crippen LogP contribution in [-0.4, -0.2) is 20.1 Å². The van der Waals surface area contributed by atoms with E-state index in [9.17, 15) is 9.67 Å². The van der Waals surface area contributed by atoms with Gasteiger partial charge in [-0.05, 0) is 5.56 Å². The molecule has 16 heavy (non-hydrogen) atoms. The second-order valence-electron chi connectivity index (χ2n) is 2.60. The Bertz CT molecular complexity index is 388. The Balaban J connectivity index is 0.00000225. The van der Waals surface area contributed by atoms with Crippen LogP contribution in [0.2, 0.25) is 0 Å². The molecule has 0 bridgehead atoms. The van der Waals surface area contributed by atoms with Gasteiger partial charge in [-0.15, -0.1) is 0 Å². The minimum atomic E-state index is -3.63. The standard InChI is InChI=1S/C9H12NO4P.Na/c1-13-15(12,14-2)10-9(11)8-6-4-3-5-7-8;/h3-7H,1-2H3,(H,10,11,12);/q;+1/p-1. The number of hydrogen-bond acceptors (Lipinski definition) is 4. The summed E-state index contributed by atoms with van der Waals surface area (Å²) in [6, 6.07) is 8.28. The van der Waals surface area contributed by atoms with Crippen molar-refractivity contribution in [2.75, 3.05) is 14.2 Å². The molecule has 0 amide bonds. The third kappa shape index (κ3) is 4.37. The molecule has 0 aliphatic heterocycles. The van der Waals surface area contributed by atoms with E-state index in [2.05, 4.69) is 13.8 Å². The van der Waals surface area contributed by atoms with E-state index in [0.29, 0.717) is 5.56 Å². The molecule has 0 unspecified atom stereocenters. The summed E-state index contributed by atoms with van der Waals surface area (Å²) in [7, 11) is -1.28. The molecule has 1 aromatic carbocycles. The van der Waals surface area contributed by atoms with Crippen LogP contribution in [0.25, 0.3) is 0 Å². The number of benzene rings is 1. The third-order valence-corrected chi connectivity index (χ3v) is 3.04.